The van der Waals surface area contributed by atoms with Crippen LogP contribution in [0.15, 0.2) is 48.5 Å². The fraction of sp³-hybridized carbons (Fsp3) is 0.552. The van der Waals surface area contributed by atoms with Gasteiger partial charge in [0.25, 0.3) is 0 Å². The Balaban J connectivity index is 1.35. The molecule has 3 aliphatic rings. The van der Waals surface area contributed by atoms with Gasteiger partial charge in [0.1, 0.15) is 5.75 Å². The molecular weight excluding hydrogens is 481 g/mol. The van der Waals surface area contributed by atoms with E-state index in [0.29, 0.717) is 31.6 Å². The number of amides is 1. The quantitative estimate of drug-likeness (QED) is 0.541. The summed E-state index contributed by atoms with van der Waals surface area (Å²) in [7, 11) is 0. The number of hydrogen-bond donors (Lipinski definition) is 2. The molecule has 2 N–H and O–H groups in total. The lowest BCUT2D eigenvalue weighted by molar-refractivity contribution is -0.279. The highest BCUT2D eigenvalue weighted by Crippen LogP contribution is 2.57. The number of carbonyl (C=O) groups excluding carboxylic acids is 1. The van der Waals surface area contributed by atoms with Crippen molar-refractivity contribution in [2.75, 3.05) is 26.2 Å². The summed E-state index contributed by atoms with van der Waals surface area (Å²) in [6.07, 6.45) is -1.39. The van der Waals surface area contributed by atoms with Crippen LogP contribution in [0.2, 0.25) is 0 Å². The van der Waals surface area contributed by atoms with Gasteiger partial charge in [0.2, 0.25) is 0 Å². The van der Waals surface area contributed by atoms with Gasteiger partial charge in [0, 0.05) is 18.5 Å². The van der Waals surface area contributed by atoms with Crippen molar-refractivity contribution in [3.63, 3.8) is 0 Å². The summed E-state index contributed by atoms with van der Waals surface area (Å²) in [5.74, 6) is 0.134. The van der Waals surface area contributed by atoms with E-state index in [1.165, 1.54) is 12.8 Å². The molecule has 1 saturated heterocycles. The normalized spacial score (nSPS) is 27.8. The molecule has 2 aliphatic carbocycles. The molecule has 1 saturated carbocycles. The standard InChI is InChI=1S/C29H35F3N2O3/c30-29(31,32)28(36)13-12-27(19-21-6-2-1-3-7-21)23(20-28)9-8-22-18-24(10-11-25(22)27)37-26(35)33-14-17-34-15-4-5-16-34/h1-3,6-7,10-11,18,23,36H,4-5,8-9,12-17,19-20H2,(H,33,35)/t23-,27+,28-/m1/s1. The number of ether oxygens (including phenoxy) is 1. The average Bonchev–Trinajstić information content (AvgIpc) is 3.38. The topological polar surface area (TPSA) is 61.8 Å². The Morgan fingerprint density at radius 2 is 1.86 bits per heavy atom. The number of aliphatic hydroxyl groups is 1. The molecule has 1 aliphatic heterocycles. The van der Waals surface area contributed by atoms with Crippen LogP contribution >= 0.6 is 0 Å². The number of carbonyl (C=O) groups is 1. The molecule has 0 spiro atoms. The van der Waals surface area contributed by atoms with Gasteiger partial charge < -0.3 is 20.1 Å². The summed E-state index contributed by atoms with van der Waals surface area (Å²) in [6, 6.07) is 15.4. The van der Waals surface area contributed by atoms with E-state index in [1.54, 1.807) is 6.07 Å². The lowest BCUT2D eigenvalue weighted by atomic mass is 9.52. The van der Waals surface area contributed by atoms with Crippen molar-refractivity contribution < 1.29 is 27.8 Å². The zero-order valence-electron chi connectivity index (χ0n) is 21.0. The third-order valence-corrected chi connectivity index (χ3v) is 8.72. The van der Waals surface area contributed by atoms with Gasteiger partial charge in [-0.25, -0.2) is 4.79 Å². The lowest BCUT2D eigenvalue weighted by Crippen LogP contribution is -2.56. The molecular formula is C29H35F3N2O3. The van der Waals surface area contributed by atoms with Crippen molar-refractivity contribution >= 4 is 6.09 Å². The molecule has 0 aromatic heterocycles. The number of likely N-dealkylation sites (tertiary alicyclic amines) is 1. The molecule has 5 nitrogen and oxygen atoms in total. The summed E-state index contributed by atoms with van der Waals surface area (Å²) in [5.41, 5.74) is -0.0739. The van der Waals surface area contributed by atoms with Crippen molar-refractivity contribution in [1.29, 1.82) is 0 Å². The zero-order valence-corrected chi connectivity index (χ0v) is 21.0. The molecule has 37 heavy (non-hydrogen) atoms. The van der Waals surface area contributed by atoms with Gasteiger partial charge in [-0.15, -0.1) is 0 Å². The number of halogens is 3. The number of alkyl halides is 3. The highest BCUT2D eigenvalue weighted by atomic mass is 19.4. The molecule has 3 atom stereocenters. The van der Waals surface area contributed by atoms with Crippen LogP contribution < -0.4 is 10.1 Å². The minimum atomic E-state index is -4.65. The van der Waals surface area contributed by atoms with Crippen LogP contribution in [0.25, 0.3) is 0 Å². The van der Waals surface area contributed by atoms with Crippen molar-refractivity contribution in [3.8, 4) is 5.75 Å². The molecule has 0 bridgehead atoms. The fourth-order valence-corrected chi connectivity index (χ4v) is 6.74. The van der Waals surface area contributed by atoms with E-state index in [-0.39, 0.29) is 25.2 Å². The molecule has 2 aromatic carbocycles. The first-order valence-corrected chi connectivity index (χ1v) is 13.3. The van der Waals surface area contributed by atoms with Crippen LogP contribution in [0.5, 0.6) is 5.75 Å². The van der Waals surface area contributed by atoms with E-state index in [2.05, 4.69) is 10.2 Å². The highest BCUT2D eigenvalue weighted by molar-refractivity contribution is 5.70. The number of benzene rings is 2. The Morgan fingerprint density at radius 1 is 1.11 bits per heavy atom. The number of fused-ring (bicyclic) bond motifs is 3. The number of aryl methyl sites for hydroxylation is 1. The number of nitrogens with zero attached hydrogens (tertiary/aromatic N) is 1. The largest absolute Gasteiger partial charge is 0.417 e. The Hall–Kier alpha value is -2.58. The first-order chi connectivity index (χ1) is 17.7. The van der Waals surface area contributed by atoms with Crippen LogP contribution in [-0.2, 0) is 18.3 Å². The average molecular weight is 517 g/mol. The fourth-order valence-electron chi connectivity index (χ4n) is 6.74. The number of nitrogens with one attached hydrogen (secondary N) is 1. The number of rotatable bonds is 6. The third-order valence-electron chi connectivity index (χ3n) is 8.72. The molecule has 200 valence electrons. The molecule has 5 rings (SSSR count). The van der Waals surface area contributed by atoms with Gasteiger partial charge in [-0.2, -0.15) is 13.2 Å². The summed E-state index contributed by atoms with van der Waals surface area (Å²) < 4.78 is 46.9. The van der Waals surface area contributed by atoms with Gasteiger partial charge in [0.05, 0.1) is 0 Å². The second-order valence-electron chi connectivity index (χ2n) is 11.0. The van der Waals surface area contributed by atoms with Crippen molar-refractivity contribution in [1.82, 2.24) is 10.2 Å². The first kappa shape index (κ1) is 26.0. The second kappa shape index (κ2) is 10.3. The Bertz CT molecular complexity index is 1100. The van der Waals surface area contributed by atoms with E-state index < -0.39 is 23.3 Å². The van der Waals surface area contributed by atoms with E-state index in [0.717, 1.165) is 36.3 Å². The Kier molecular flexibility index (Phi) is 7.24. The summed E-state index contributed by atoms with van der Waals surface area (Å²) >= 11 is 0. The van der Waals surface area contributed by atoms with Crippen LogP contribution in [0, 0.1) is 5.92 Å². The van der Waals surface area contributed by atoms with Gasteiger partial charge in [-0.1, -0.05) is 36.4 Å². The van der Waals surface area contributed by atoms with Crippen molar-refractivity contribution in [3.05, 3.63) is 65.2 Å². The van der Waals surface area contributed by atoms with Gasteiger partial charge in [-0.3, -0.25) is 0 Å². The van der Waals surface area contributed by atoms with Crippen LogP contribution in [0.1, 0.15) is 55.2 Å². The van der Waals surface area contributed by atoms with Crippen LogP contribution in [0.4, 0.5) is 18.0 Å². The third kappa shape index (κ3) is 5.36. The predicted molar refractivity (Wildman–Crippen MR) is 135 cm³/mol. The maximum absolute atomic E-state index is 13.8. The minimum absolute atomic E-state index is 0.243. The van der Waals surface area contributed by atoms with E-state index in [1.807, 2.05) is 42.5 Å². The minimum Gasteiger partial charge on any atom is -0.410 e. The maximum Gasteiger partial charge on any atom is 0.417 e. The monoisotopic (exact) mass is 516 g/mol. The van der Waals surface area contributed by atoms with E-state index in [9.17, 15) is 23.1 Å². The Labute approximate surface area is 216 Å². The molecule has 0 radical (unpaired) electrons. The van der Waals surface area contributed by atoms with Crippen LogP contribution in [0.3, 0.4) is 0 Å². The van der Waals surface area contributed by atoms with Crippen molar-refractivity contribution in [2.45, 2.75) is 68.6 Å². The lowest BCUT2D eigenvalue weighted by Gasteiger charge is -2.53. The highest BCUT2D eigenvalue weighted by Gasteiger charge is 2.61. The molecule has 1 heterocycles. The second-order valence-corrected chi connectivity index (χ2v) is 11.0. The first-order valence-electron chi connectivity index (χ1n) is 13.3. The van der Waals surface area contributed by atoms with Gasteiger partial charge >= 0.3 is 12.3 Å². The van der Waals surface area contributed by atoms with Gasteiger partial charge in [0.15, 0.2) is 5.60 Å². The summed E-state index contributed by atoms with van der Waals surface area (Å²) in [6.45, 7) is 3.45. The molecule has 0 unspecified atom stereocenters. The van der Waals surface area contributed by atoms with E-state index >= 15 is 0 Å². The maximum atomic E-state index is 13.8. The summed E-state index contributed by atoms with van der Waals surface area (Å²) in [4.78, 5) is 14.7. The number of hydrogen-bond acceptors (Lipinski definition) is 4. The predicted octanol–water partition coefficient (Wildman–Crippen LogP) is 5.39. The smallest absolute Gasteiger partial charge is 0.410 e. The SMILES string of the molecule is O=C(NCCN1CCCC1)Oc1ccc2c(c1)CC[C@@H]1C[C@@](O)(C(F)(F)F)CC[C@@]21Cc1ccccc1. The van der Waals surface area contributed by atoms with Crippen molar-refractivity contribution in [2.24, 2.45) is 5.92 Å². The van der Waals surface area contributed by atoms with E-state index in [4.69, 9.17) is 4.74 Å². The Morgan fingerprint density at radius 3 is 2.59 bits per heavy atom. The summed E-state index contributed by atoms with van der Waals surface area (Å²) in [5, 5.41) is 13.4. The molecule has 2 aromatic rings. The molecule has 1 amide bonds. The zero-order chi connectivity index (χ0) is 26.1. The molecule has 2 fully saturated rings. The van der Waals surface area contributed by atoms with Gasteiger partial charge in [-0.05, 0) is 99.2 Å². The molecule has 8 heteroatoms. The van der Waals surface area contributed by atoms with Crippen LogP contribution in [-0.4, -0.2) is 54.1 Å².